The minimum atomic E-state index is -0.597. The van der Waals surface area contributed by atoms with E-state index in [-0.39, 0.29) is 23.6 Å². The predicted molar refractivity (Wildman–Crippen MR) is 94.6 cm³/mol. The van der Waals surface area contributed by atoms with Crippen molar-refractivity contribution in [1.82, 2.24) is 8.75 Å². The fourth-order valence-electron chi connectivity index (χ4n) is 2.21. The maximum Gasteiger partial charge on any atom is 0.311 e. The first-order valence-electron chi connectivity index (χ1n) is 7.14. The maximum absolute atomic E-state index is 12.5. The van der Waals surface area contributed by atoms with Crippen molar-refractivity contribution in [2.75, 3.05) is 11.9 Å². The number of nitrogens with zero attached hydrogens (tertiary/aromatic N) is 3. The molecule has 3 rings (SSSR count). The zero-order valence-electron chi connectivity index (χ0n) is 12.9. The molecule has 8 nitrogen and oxygen atoms in total. The molecular weight excluding hydrogens is 368 g/mol. The monoisotopic (exact) mass is 378 g/mol. The molecule has 0 radical (unpaired) electrons. The smallest absolute Gasteiger partial charge is 0.311 e. The summed E-state index contributed by atoms with van der Waals surface area (Å²) in [6, 6.07) is 7.29. The van der Waals surface area contributed by atoms with Crippen molar-refractivity contribution >= 4 is 51.6 Å². The molecule has 1 aromatic heterocycles. The molecule has 2 aromatic carbocycles. The molecule has 25 heavy (non-hydrogen) atoms. The summed E-state index contributed by atoms with van der Waals surface area (Å²) in [6.45, 7) is 2.00. The highest BCUT2D eigenvalue weighted by Crippen LogP contribution is 2.32. The number of ether oxygens (including phenoxy) is 1. The summed E-state index contributed by atoms with van der Waals surface area (Å²) in [5, 5.41) is 14.1. The minimum Gasteiger partial charge on any atom is -0.487 e. The van der Waals surface area contributed by atoms with Gasteiger partial charge in [-0.3, -0.25) is 14.9 Å². The van der Waals surface area contributed by atoms with Gasteiger partial charge in [-0.1, -0.05) is 11.6 Å². The van der Waals surface area contributed by atoms with Gasteiger partial charge in [0.05, 0.1) is 34.0 Å². The van der Waals surface area contributed by atoms with Gasteiger partial charge in [0.25, 0.3) is 5.91 Å². The number of nitro benzene ring substituents is 1. The summed E-state index contributed by atoms with van der Waals surface area (Å²) in [5.74, 6) is -0.443. The molecule has 0 atom stereocenters. The lowest BCUT2D eigenvalue weighted by molar-refractivity contribution is -0.385. The van der Waals surface area contributed by atoms with Crippen molar-refractivity contribution in [3.63, 3.8) is 0 Å². The molecule has 0 aliphatic heterocycles. The van der Waals surface area contributed by atoms with Gasteiger partial charge in [-0.05, 0) is 31.2 Å². The number of nitro groups is 1. The fourth-order valence-corrected chi connectivity index (χ4v) is 2.95. The van der Waals surface area contributed by atoms with E-state index in [1.54, 1.807) is 19.1 Å². The number of halogens is 1. The number of anilines is 1. The molecule has 1 N–H and O–H groups in total. The van der Waals surface area contributed by atoms with Gasteiger partial charge >= 0.3 is 5.69 Å². The topological polar surface area (TPSA) is 107 Å². The highest BCUT2D eigenvalue weighted by Gasteiger charge is 2.20. The maximum atomic E-state index is 12.5. The minimum absolute atomic E-state index is 0.103. The Morgan fingerprint density at radius 2 is 2.16 bits per heavy atom. The largest absolute Gasteiger partial charge is 0.487 e. The summed E-state index contributed by atoms with van der Waals surface area (Å²) >= 11 is 7.13. The first-order chi connectivity index (χ1) is 12.0. The van der Waals surface area contributed by atoms with Crippen LogP contribution in [0.4, 0.5) is 11.4 Å². The third-order valence-electron chi connectivity index (χ3n) is 3.33. The number of amides is 1. The highest BCUT2D eigenvalue weighted by atomic mass is 35.5. The molecule has 0 bridgehead atoms. The molecule has 1 amide bonds. The summed E-state index contributed by atoms with van der Waals surface area (Å²) in [5.41, 5.74) is 1.20. The second kappa shape index (κ2) is 6.99. The summed E-state index contributed by atoms with van der Waals surface area (Å²) < 4.78 is 13.4. The van der Waals surface area contributed by atoms with Gasteiger partial charge in [0, 0.05) is 11.6 Å². The molecule has 0 fully saturated rings. The van der Waals surface area contributed by atoms with Crippen molar-refractivity contribution < 1.29 is 14.5 Å². The van der Waals surface area contributed by atoms with Crippen LogP contribution < -0.4 is 10.1 Å². The van der Waals surface area contributed by atoms with Crippen molar-refractivity contribution in [1.29, 1.82) is 0 Å². The van der Waals surface area contributed by atoms with Crippen LogP contribution in [0.15, 0.2) is 30.3 Å². The van der Waals surface area contributed by atoms with Crippen LogP contribution in [0.25, 0.3) is 11.0 Å². The van der Waals surface area contributed by atoms with Crippen LogP contribution in [0, 0.1) is 10.1 Å². The molecule has 0 saturated carbocycles. The molecule has 10 heteroatoms. The molecule has 0 saturated heterocycles. The highest BCUT2D eigenvalue weighted by molar-refractivity contribution is 7.00. The van der Waals surface area contributed by atoms with E-state index in [0.717, 1.165) is 17.8 Å². The molecule has 0 aliphatic carbocycles. The van der Waals surface area contributed by atoms with Gasteiger partial charge in [0.15, 0.2) is 5.75 Å². The van der Waals surface area contributed by atoms with E-state index < -0.39 is 10.8 Å². The lowest BCUT2D eigenvalue weighted by Gasteiger charge is -2.09. The first-order valence-corrected chi connectivity index (χ1v) is 8.25. The molecular formula is C15H11ClN4O4S. The lowest BCUT2D eigenvalue weighted by atomic mass is 10.1. The Morgan fingerprint density at radius 1 is 1.36 bits per heavy atom. The van der Waals surface area contributed by atoms with Gasteiger partial charge in [0.2, 0.25) is 0 Å². The van der Waals surface area contributed by atoms with Crippen LogP contribution in [-0.4, -0.2) is 26.2 Å². The Bertz CT molecular complexity index is 975. The summed E-state index contributed by atoms with van der Waals surface area (Å²) in [6.07, 6.45) is 0. The van der Waals surface area contributed by atoms with E-state index in [9.17, 15) is 14.9 Å². The van der Waals surface area contributed by atoms with E-state index in [0.29, 0.717) is 21.7 Å². The van der Waals surface area contributed by atoms with Gasteiger partial charge in [-0.15, -0.1) is 0 Å². The number of fused-ring (bicyclic) bond motifs is 1. The van der Waals surface area contributed by atoms with Gasteiger partial charge in [0.1, 0.15) is 11.0 Å². The molecule has 3 aromatic rings. The Labute approximate surface area is 150 Å². The number of hydrogen-bond acceptors (Lipinski definition) is 7. The lowest BCUT2D eigenvalue weighted by Crippen LogP contribution is -2.13. The number of carbonyl (C=O) groups is 1. The number of nitrogens with one attached hydrogen (secondary N) is 1. The summed E-state index contributed by atoms with van der Waals surface area (Å²) in [7, 11) is 0. The molecule has 0 aliphatic rings. The molecule has 0 spiro atoms. The van der Waals surface area contributed by atoms with E-state index in [1.165, 1.54) is 12.1 Å². The Morgan fingerprint density at radius 3 is 2.88 bits per heavy atom. The Kier molecular flexibility index (Phi) is 4.77. The van der Waals surface area contributed by atoms with Crippen LogP contribution in [0.5, 0.6) is 5.75 Å². The molecule has 1 heterocycles. The van der Waals surface area contributed by atoms with Crippen LogP contribution in [0.1, 0.15) is 17.3 Å². The standard InChI is InChI=1S/C15H11ClN4O4S/c1-2-24-12-6-3-8(7-11(12)20(22)23)15(21)17-13-9(16)4-5-10-14(13)19-25-18-10/h3-7H,2H2,1H3,(H,17,21). The van der Waals surface area contributed by atoms with Crippen molar-refractivity contribution in [2.45, 2.75) is 6.92 Å². The Balaban J connectivity index is 1.95. The number of aromatic nitrogens is 2. The second-order valence-electron chi connectivity index (χ2n) is 4.88. The average molecular weight is 379 g/mol. The van der Waals surface area contributed by atoms with Crippen LogP contribution >= 0.6 is 23.3 Å². The summed E-state index contributed by atoms with van der Waals surface area (Å²) in [4.78, 5) is 23.1. The normalized spacial score (nSPS) is 10.6. The third-order valence-corrected chi connectivity index (χ3v) is 4.19. The third kappa shape index (κ3) is 3.37. The average Bonchev–Trinajstić information content (AvgIpc) is 3.06. The Hall–Kier alpha value is -2.78. The fraction of sp³-hybridized carbons (Fsp3) is 0.133. The van der Waals surface area contributed by atoms with E-state index >= 15 is 0 Å². The van der Waals surface area contributed by atoms with E-state index in [1.807, 2.05) is 0 Å². The van der Waals surface area contributed by atoms with Crippen molar-refractivity contribution in [2.24, 2.45) is 0 Å². The van der Waals surface area contributed by atoms with Crippen LogP contribution in [0.3, 0.4) is 0 Å². The zero-order valence-corrected chi connectivity index (χ0v) is 14.4. The number of hydrogen-bond donors (Lipinski definition) is 1. The van der Waals surface area contributed by atoms with Gasteiger partial charge < -0.3 is 10.1 Å². The molecule has 128 valence electrons. The number of carbonyl (C=O) groups excluding carboxylic acids is 1. The molecule has 0 unspecified atom stereocenters. The predicted octanol–water partition coefficient (Wildman–Crippen LogP) is 3.90. The number of rotatable bonds is 5. The first kappa shape index (κ1) is 17.1. The number of benzene rings is 2. The van der Waals surface area contributed by atoms with Crippen LogP contribution in [0.2, 0.25) is 5.02 Å². The quantitative estimate of drug-likeness (QED) is 0.532. The SMILES string of the molecule is CCOc1ccc(C(=O)Nc2c(Cl)ccc3nsnc23)cc1[N+](=O)[O-]. The van der Waals surface area contributed by atoms with Crippen LogP contribution in [-0.2, 0) is 0 Å². The van der Waals surface area contributed by atoms with Crippen molar-refractivity contribution in [3.05, 3.63) is 51.0 Å². The van der Waals surface area contributed by atoms with Gasteiger partial charge in [-0.2, -0.15) is 8.75 Å². The van der Waals surface area contributed by atoms with Gasteiger partial charge in [-0.25, -0.2) is 0 Å². The van der Waals surface area contributed by atoms with Crippen molar-refractivity contribution in [3.8, 4) is 5.75 Å². The zero-order chi connectivity index (χ0) is 18.0. The second-order valence-corrected chi connectivity index (χ2v) is 5.82. The van der Waals surface area contributed by atoms with E-state index in [4.69, 9.17) is 16.3 Å². The van der Waals surface area contributed by atoms with E-state index in [2.05, 4.69) is 14.1 Å².